The van der Waals surface area contributed by atoms with Gasteiger partial charge in [-0.25, -0.2) is 8.42 Å². The summed E-state index contributed by atoms with van der Waals surface area (Å²) in [5.41, 5.74) is 0.249. The summed E-state index contributed by atoms with van der Waals surface area (Å²) < 4.78 is 33.2. The van der Waals surface area contributed by atoms with Crippen LogP contribution in [0.4, 0.5) is 5.69 Å². The first-order chi connectivity index (χ1) is 9.91. The quantitative estimate of drug-likeness (QED) is 0.854. The van der Waals surface area contributed by atoms with Gasteiger partial charge in [-0.05, 0) is 37.5 Å². The lowest BCUT2D eigenvalue weighted by Gasteiger charge is -2.22. The Hall–Kier alpha value is -1.31. The Kier molecular flexibility index (Phi) is 5.08. The molecule has 1 atom stereocenters. The zero-order chi connectivity index (χ0) is 15.5. The molecule has 0 bridgehead atoms. The van der Waals surface area contributed by atoms with Gasteiger partial charge in [-0.15, -0.1) is 0 Å². The van der Waals surface area contributed by atoms with Crippen LogP contribution in [0.25, 0.3) is 0 Å². The second kappa shape index (κ2) is 6.64. The number of benzene rings is 1. The van der Waals surface area contributed by atoms with Crippen LogP contribution >= 0.6 is 10.7 Å². The van der Waals surface area contributed by atoms with Gasteiger partial charge < -0.3 is 14.8 Å². The summed E-state index contributed by atoms with van der Waals surface area (Å²) >= 11 is 0. The highest BCUT2D eigenvalue weighted by Gasteiger charge is 2.23. The van der Waals surface area contributed by atoms with E-state index in [2.05, 4.69) is 5.32 Å². The van der Waals surface area contributed by atoms with Gasteiger partial charge in [-0.3, -0.25) is 4.79 Å². The van der Waals surface area contributed by atoms with E-state index in [4.69, 9.17) is 20.2 Å². The maximum Gasteiger partial charge on any atom is 0.261 e. The third kappa shape index (κ3) is 4.09. The molecule has 0 spiro atoms. The first-order valence-electron chi connectivity index (χ1n) is 6.47. The van der Waals surface area contributed by atoms with Crippen molar-refractivity contribution in [1.29, 1.82) is 0 Å². The molecule has 21 heavy (non-hydrogen) atoms. The van der Waals surface area contributed by atoms with Crippen molar-refractivity contribution in [2.24, 2.45) is 0 Å². The molecule has 1 N–H and O–H groups in total. The molecule has 6 nitrogen and oxygen atoms in total. The summed E-state index contributed by atoms with van der Waals surface area (Å²) in [5, 5.41) is 2.63. The van der Waals surface area contributed by atoms with Crippen molar-refractivity contribution >= 4 is 31.3 Å². The van der Waals surface area contributed by atoms with E-state index in [1.54, 1.807) is 0 Å². The van der Waals surface area contributed by atoms with E-state index in [0.29, 0.717) is 18.8 Å². The molecule has 0 radical (unpaired) electrons. The molecular weight excluding hydrogens is 318 g/mol. The molecule has 1 fully saturated rings. The molecule has 0 aromatic heterocycles. The highest BCUT2D eigenvalue weighted by Crippen LogP contribution is 2.29. The number of hydrogen-bond acceptors (Lipinski definition) is 5. The van der Waals surface area contributed by atoms with Crippen molar-refractivity contribution in [1.82, 2.24) is 0 Å². The van der Waals surface area contributed by atoms with Crippen LogP contribution < -0.4 is 10.1 Å². The normalized spacial score (nSPS) is 19.0. The van der Waals surface area contributed by atoms with E-state index in [0.717, 1.165) is 12.8 Å². The van der Waals surface area contributed by atoms with Crippen LogP contribution in [-0.2, 0) is 18.6 Å². The van der Waals surface area contributed by atoms with Crippen LogP contribution in [0.1, 0.15) is 19.3 Å². The standard InChI is InChI=1S/C13H16ClNO5S/c1-19-11-6-5-9(21(14,17)18)8-10(11)15-13(16)12-4-2-3-7-20-12/h5-6,8,12H,2-4,7H2,1H3,(H,15,16). The van der Waals surface area contributed by atoms with Crippen LogP contribution in [0.5, 0.6) is 5.75 Å². The summed E-state index contributed by atoms with van der Waals surface area (Å²) in [6.07, 6.45) is 1.97. The maximum absolute atomic E-state index is 12.1. The van der Waals surface area contributed by atoms with Gasteiger partial charge in [0.05, 0.1) is 17.7 Å². The molecule has 0 saturated carbocycles. The van der Waals surface area contributed by atoms with Crippen LogP contribution in [0.2, 0.25) is 0 Å². The molecule has 1 unspecified atom stereocenters. The maximum atomic E-state index is 12.1. The first-order valence-corrected chi connectivity index (χ1v) is 8.78. The second-order valence-electron chi connectivity index (χ2n) is 4.64. The van der Waals surface area contributed by atoms with E-state index in [1.807, 2.05) is 0 Å². The van der Waals surface area contributed by atoms with Crippen molar-refractivity contribution in [3.8, 4) is 5.75 Å². The Morgan fingerprint density at radius 3 is 2.76 bits per heavy atom. The second-order valence-corrected chi connectivity index (χ2v) is 7.21. The number of ether oxygens (including phenoxy) is 2. The topological polar surface area (TPSA) is 81.7 Å². The fourth-order valence-electron chi connectivity index (χ4n) is 2.10. The predicted molar refractivity (Wildman–Crippen MR) is 78.3 cm³/mol. The lowest BCUT2D eigenvalue weighted by molar-refractivity contribution is -0.129. The van der Waals surface area contributed by atoms with E-state index < -0.39 is 15.2 Å². The zero-order valence-corrected chi connectivity index (χ0v) is 13.0. The molecule has 1 aromatic carbocycles. The van der Waals surface area contributed by atoms with E-state index in [9.17, 15) is 13.2 Å². The molecule has 1 aromatic rings. The van der Waals surface area contributed by atoms with Crippen molar-refractivity contribution in [3.05, 3.63) is 18.2 Å². The molecule has 1 heterocycles. The molecule has 8 heteroatoms. The Balaban J connectivity index is 2.22. The van der Waals surface area contributed by atoms with E-state index >= 15 is 0 Å². The monoisotopic (exact) mass is 333 g/mol. The largest absolute Gasteiger partial charge is 0.495 e. The SMILES string of the molecule is COc1ccc(S(=O)(=O)Cl)cc1NC(=O)C1CCCCO1. The van der Waals surface area contributed by atoms with E-state index in [1.165, 1.54) is 25.3 Å². The Morgan fingerprint density at radius 1 is 1.43 bits per heavy atom. The van der Waals surface area contributed by atoms with Gasteiger partial charge in [0, 0.05) is 17.3 Å². The van der Waals surface area contributed by atoms with Gasteiger partial charge >= 0.3 is 0 Å². The zero-order valence-electron chi connectivity index (χ0n) is 11.5. The third-order valence-electron chi connectivity index (χ3n) is 3.18. The Bertz CT molecular complexity index is 625. The smallest absolute Gasteiger partial charge is 0.261 e. The van der Waals surface area contributed by atoms with Gasteiger partial charge in [-0.1, -0.05) is 0 Å². The molecule has 0 aliphatic carbocycles. The van der Waals surface area contributed by atoms with Gasteiger partial charge in [0.1, 0.15) is 11.9 Å². The summed E-state index contributed by atoms with van der Waals surface area (Å²) in [5.74, 6) is 0.0281. The Labute approximate surface area is 127 Å². The minimum Gasteiger partial charge on any atom is -0.495 e. The number of halogens is 1. The number of carbonyl (C=O) groups is 1. The number of methoxy groups -OCH3 is 1. The molecule has 1 aliphatic rings. The summed E-state index contributed by atoms with van der Waals surface area (Å²) in [7, 11) is 2.86. The molecule has 1 saturated heterocycles. The molecule has 1 aliphatic heterocycles. The van der Waals surface area contributed by atoms with Crippen LogP contribution in [0.3, 0.4) is 0 Å². The highest BCUT2D eigenvalue weighted by atomic mass is 35.7. The van der Waals surface area contributed by atoms with Gasteiger partial charge in [0.15, 0.2) is 0 Å². The number of hydrogen-bond donors (Lipinski definition) is 1. The fourth-order valence-corrected chi connectivity index (χ4v) is 2.87. The first kappa shape index (κ1) is 16.1. The van der Waals surface area contributed by atoms with Gasteiger partial charge in [0.2, 0.25) is 0 Å². The third-order valence-corrected chi connectivity index (χ3v) is 4.53. The number of carbonyl (C=O) groups excluding carboxylic acids is 1. The van der Waals surface area contributed by atoms with Gasteiger partial charge in [0.25, 0.3) is 15.0 Å². The van der Waals surface area contributed by atoms with Crippen molar-refractivity contribution in [3.63, 3.8) is 0 Å². The molecule has 2 rings (SSSR count). The minimum atomic E-state index is -3.88. The number of nitrogens with one attached hydrogen (secondary N) is 1. The predicted octanol–water partition coefficient (Wildman–Crippen LogP) is 2.13. The summed E-state index contributed by atoms with van der Waals surface area (Å²) in [6, 6.07) is 4.02. The summed E-state index contributed by atoms with van der Waals surface area (Å²) in [4.78, 5) is 12.0. The number of anilines is 1. The van der Waals surface area contributed by atoms with Crippen molar-refractivity contribution in [2.75, 3.05) is 19.0 Å². The molecule has 116 valence electrons. The van der Waals surface area contributed by atoms with Crippen LogP contribution in [-0.4, -0.2) is 34.1 Å². The van der Waals surface area contributed by atoms with Crippen molar-refractivity contribution < 1.29 is 22.7 Å². The lowest BCUT2D eigenvalue weighted by Crippen LogP contribution is -2.33. The van der Waals surface area contributed by atoms with Gasteiger partial charge in [-0.2, -0.15) is 0 Å². The lowest BCUT2D eigenvalue weighted by atomic mass is 10.1. The number of amides is 1. The molecular formula is C13H16ClNO5S. The average Bonchev–Trinajstić information content (AvgIpc) is 2.47. The highest BCUT2D eigenvalue weighted by molar-refractivity contribution is 8.13. The molecule has 1 amide bonds. The Morgan fingerprint density at radius 2 is 2.19 bits per heavy atom. The average molecular weight is 334 g/mol. The van der Waals surface area contributed by atoms with Crippen LogP contribution in [0, 0.1) is 0 Å². The summed E-state index contributed by atoms with van der Waals surface area (Å²) in [6.45, 7) is 0.547. The van der Waals surface area contributed by atoms with E-state index in [-0.39, 0.29) is 16.5 Å². The minimum absolute atomic E-state index is 0.107. The fraction of sp³-hybridized carbons (Fsp3) is 0.462. The van der Waals surface area contributed by atoms with Crippen LogP contribution in [0.15, 0.2) is 23.1 Å². The number of rotatable bonds is 4. The van der Waals surface area contributed by atoms with Crippen molar-refractivity contribution in [2.45, 2.75) is 30.3 Å².